The van der Waals surface area contributed by atoms with E-state index in [2.05, 4.69) is 0 Å². The SMILES string of the molecule is O=C1/C=C/C(O)/C=C\C/C=C/CCC[C@@H](C(=O)O)O1. The van der Waals surface area contributed by atoms with Gasteiger partial charge in [0.1, 0.15) is 0 Å². The summed E-state index contributed by atoms with van der Waals surface area (Å²) in [5.74, 6) is -1.91. The van der Waals surface area contributed by atoms with Crippen LogP contribution >= 0.6 is 0 Å². The summed E-state index contributed by atoms with van der Waals surface area (Å²) in [5, 5.41) is 18.4. The molecule has 104 valence electrons. The number of allylic oxidation sites excluding steroid dienone is 3. The molecule has 1 heterocycles. The molecule has 0 aliphatic carbocycles. The lowest BCUT2D eigenvalue weighted by Crippen LogP contribution is -2.26. The van der Waals surface area contributed by atoms with Crippen LogP contribution in [0.4, 0.5) is 0 Å². The van der Waals surface area contributed by atoms with Crippen molar-refractivity contribution in [3.8, 4) is 0 Å². The zero-order chi connectivity index (χ0) is 14.1. The molecule has 19 heavy (non-hydrogen) atoms. The number of aliphatic carboxylic acids is 1. The van der Waals surface area contributed by atoms with Gasteiger partial charge in [-0.05, 0) is 31.8 Å². The number of carboxylic acid groups (broad SMARTS) is 1. The topological polar surface area (TPSA) is 83.8 Å². The zero-order valence-electron chi connectivity index (χ0n) is 10.6. The van der Waals surface area contributed by atoms with E-state index in [1.54, 1.807) is 12.2 Å². The van der Waals surface area contributed by atoms with Crippen LogP contribution in [-0.2, 0) is 14.3 Å². The van der Waals surface area contributed by atoms with Gasteiger partial charge in [0.2, 0.25) is 0 Å². The molecule has 0 aromatic carbocycles. The van der Waals surface area contributed by atoms with Gasteiger partial charge in [0.05, 0.1) is 6.10 Å². The van der Waals surface area contributed by atoms with Crippen LogP contribution in [0.15, 0.2) is 36.5 Å². The average molecular weight is 266 g/mol. The molecule has 0 saturated carbocycles. The van der Waals surface area contributed by atoms with Gasteiger partial charge < -0.3 is 14.9 Å². The minimum atomic E-state index is -1.15. The maximum Gasteiger partial charge on any atom is 0.345 e. The third-order valence-corrected chi connectivity index (χ3v) is 2.57. The lowest BCUT2D eigenvalue weighted by atomic mass is 10.1. The molecule has 1 rings (SSSR count). The lowest BCUT2D eigenvalue weighted by molar-refractivity contribution is -0.161. The molecule has 0 amide bonds. The number of carbonyl (C=O) groups excluding carboxylic acids is 1. The van der Waals surface area contributed by atoms with Gasteiger partial charge in [-0.3, -0.25) is 0 Å². The molecule has 0 aromatic rings. The summed E-state index contributed by atoms with van der Waals surface area (Å²) in [7, 11) is 0. The molecule has 0 saturated heterocycles. The van der Waals surface area contributed by atoms with E-state index in [9.17, 15) is 14.7 Å². The van der Waals surface area contributed by atoms with Crippen LogP contribution < -0.4 is 0 Å². The van der Waals surface area contributed by atoms with Gasteiger partial charge in [0.25, 0.3) is 0 Å². The van der Waals surface area contributed by atoms with Crippen LogP contribution in [0, 0.1) is 0 Å². The van der Waals surface area contributed by atoms with Crippen LogP contribution in [0.2, 0.25) is 0 Å². The first-order chi connectivity index (χ1) is 9.09. The van der Waals surface area contributed by atoms with Crippen LogP contribution in [0.25, 0.3) is 0 Å². The van der Waals surface area contributed by atoms with Crippen molar-refractivity contribution in [2.75, 3.05) is 0 Å². The smallest absolute Gasteiger partial charge is 0.345 e. The number of rotatable bonds is 1. The molecule has 5 heteroatoms. The minimum Gasteiger partial charge on any atom is -0.479 e. The van der Waals surface area contributed by atoms with Gasteiger partial charge in [0, 0.05) is 6.08 Å². The summed E-state index contributed by atoms with van der Waals surface area (Å²) in [6.07, 6.45) is 9.85. The zero-order valence-corrected chi connectivity index (χ0v) is 10.6. The molecule has 0 fully saturated rings. The van der Waals surface area contributed by atoms with Gasteiger partial charge in [-0.1, -0.05) is 24.3 Å². The molecule has 2 atom stereocenters. The van der Waals surface area contributed by atoms with Crippen molar-refractivity contribution < 1.29 is 24.5 Å². The third kappa shape index (κ3) is 6.57. The highest BCUT2D eigenvalue weighted by Gasteiger charge is 2.20. The van der Waals surface area contributed by atoms with E-state index in [1.165, 1.54) is 6.08 Å². The number of aliphatic hydroxyl groups excluding tert-OH is 1. The van der Waals surface area contributed by atoms with Crippen molar-refractivity contribution in [3.05, 3.63) is 36.5 Å². The Morgan fingerprint density at radius 1 is 1.26 bits per heavy atom. The Labute approximate surface area is 111 Å². The van der Waals surface area contributed by atoms with Crippen molar-refractivity contribution in [1.82, 2.24) is 0 Å². The molecule has 1 unspecified atom stereocenters. The van der Waals surface area contributed by atoms with E-state index in [4.69, 9.17) is 9.84 Å². The Hall–Kier alpha value is -1.88. The number of ether oxygens (including phenoxy) is 1. The van der Waals surface area contributed by atoms with E-state index in [1.807, 2.05) is 12.2 Å². The fourth-order valence-electron chi connectivity index (χ4n) is 1.59. The van der Waals surface area contributed by atoms with Gasteiger partial charge in [-0.15, -0.1) is 0 Å². The second-order valence-electron chi connectivity index (χ2n) is 4.18. The largest absolute Gasteiger partial charge is 0.479 e. The van der Waals surface area contributed by atoms with Gasteiger partial charge in [-0.2, -0.15) is 0 Å². The van der Waals surface area contributed by atoms with E-state index in [-0.39, 0.29) is 6.42 Å². The second-order valence-corrected chi connectivity index (χ2v) is 4.18. The lowest BCUT2D eigenvalue weighted by Gasteiger charge is -2.12. The summed E-state index contributed by atoms with van der Waals surface area (Å²) in [5.41, 5.74) is 0. The first kappa shape index (κ1) is 15.2. The molecule has 2 N–H and O–H groups in total. The van der Waals surface area contributed by atoms with Crippen LogP contribution in [-0.4, -0.2) is 34.4 Å². The van der Waals surface area contributed by atoms with E-state index in [0.717, 1.165) is 12.5 Å². The van der Waals surface area contributed by atoms with E-state index in [0.29, 0.717) is 12.8 Å². The van der Waals surface area contributed by atoms with Crippen LogP contribution in [0.1, 0.15) is 25.7 Å². The number of cyclic esters (lactones) is 1. The number of hydrogen-bond donors (Lipinski definition) is 2. The summed E-state index contributed by atoms with van der Waals surface area (Å²) in [6, 6.07) is 0. The highest BCUT2D eigenvalue weighted by Crippen LogP contribution is 2.08. The van der Waals surface area contributed by atoms with Crippen LogP contribution in [0.5, 0.6) is 0 Å². The minimum absolute atomic E-state index is 0.275. The molecular weight excluding hydrogens is 248 g/mol. The molecule has 0 bridgehead atoms. The number of carbonyl (C=O) groups is 2. The average Bonchev–Trinajstić information content (AvgIpc) is 2.37. The quantitative estimate of drug-likeness (QED) is 0.556. The summed E-state index contributed by atoms with van der Waals surface area (Å²) in [4.78, 5) is 22.3. The maximum absolute atomic E-state index is 11.4. The molecular formula is C14H18O5. The van der Waals surface area contributed by atoms with Crippen molar-refractivity contribution in [3.63, 3.8) is 0 Å². The number of carboxylic acids is 1. The highest BCUT2D eigenvalue weighted by molar-refractivity contribution is 5.85. The standard InChI is InChI=1S/C14H18O5/c15-11-7-5-3-1-2-4-6-8-12(14(17)18)19-13(16)10-9-11/h1-2,5,7,9-12,15H,3-4,6,8H2,(H,17,18)/b2-1+,7-5-,10-9+/t11?,12-/m0/s1. The molecule has 1 aliphatic heterocycles. The number of esters is 1. The van der Waals surface area contributed by atoms with Gasteiger partial charge >= 0.3 is 11.9 Å². The first-order valence-corrected chi connectivity index (χ1v) is 6.21. The maximum atomic E-state index is 11.4. The number of hydrogen-bond acceptors (Lipinski definition) is 4. The predicted octanol–water partition coefficient (Wildman–Crippen LogP) is 1.59. The van der Waals surface area contributed by atoms with Crippen LogP contribution in [0.3, 0.4) is 0 Å². The Balaban J connectivity index is 2.72. The summed E-state index contributed by atoms with van der Waals surface area (Å²) in [6.45, 7) is 0. The fraction of sp³-hybridized carbons (Fsp3) is 0.429. The van der Waals surface area contributed by atoms with Crippen molar-refractivity contribution in [2.45, 2.75) is 37.9 Å². The predicted molar refractivity (Wildman–Crippen MR) is 69.4 cm³/mol. The second kappa shape index (κ2) is 8.26. The van der Waals surface area contributed by atoms with Crippen molar-refractivity contribution in [2.24, 2.45) is 0 Å². The normalized spacial score (nSPS) is 30.7. The summed E-state index contributed by atoms with van der Waals surface area (Å²) >= 11 is 0. The van der Waals surface area contributed by atoms with Gasteiger partial charge in [-0.25, -0.2) is 9.59 Å². The summed E-state index contributed by atoms with van der Waals surface area (Å²) < 4.78 is 4.82. The van der Waals surface area contributed by atoms with Crippen molar-refractivity contribution in [1.29, 1.82) is 0 Å². The molecule has 1 aliphatic rings. The molecule has 5 nitrogen and oxygen atoms in total. The Bertz CT molecular complexity index is 395. The van der Waals surface area contributed by atoms with Crippen molar-refractivity contribution >= 4 is 11.9 Å². The van der Waals surface area contributed by atoms with Gasteiger partial charge in [0.15, 0.2) is 6.10 Å². The highest BCUT2D eigenvalue weighted by atomic mass is 16.6. The number of aliphatic hydroxyl groups is 1. The monoisotopic (exact) mass is 266 g/mol. The first-order valence-electron chi connectivity index (χ1n) is 6.21. The Morgan fingerprint density at radius 3 is 2.79 bits per heavy atom. The fourth-order valence-corrected chi connectivity index (χ4v) is 1.59. The van der Waals surface area contributed by atoms with E-state index >= 15 is 0 Å². The molecule has 0 spiro atoms. The Kier molecular flexibility index (Phi) is 6.60. The molecule has 0 radical (unpaired) electrons. The third-order valence-electron chi connectivity index (χ3n) is 2.57. The Morgan fingerprint density at radius 2 is 2.05 bits per heavy atom. The molecule has 0 aromatic heterocycles. The van der Waals surface area contributed by atoms with E-state index < -0.39 is 24.1 Å².